The third-order valence-electron chi connectivity index (χ3n) is 4.66. The first-order chi connectivity index (χ1) is 16.4. The number of ether oxygens (including phenoxy) is 4. The summed E-state index contributed by atoms with van der Waals surface area (Å²) in [5, 5.41) is 4.50. The van der Waals surface area contributed by atoms with Crippen molar-refractivity contribution in [1.29, 1.82) is 0 Å². The topological polar surface area (TPSA) is 95.5 Å². The van der Waals surface area contributed by atoms with Crippen molar-refractivity contribution in [3.63, 3.8) is 0 Å². The minimum atomic E-state index is -3.97. The first-order valence-electron chi connectivity index (χ1n) is 10.3. The van der Waals surface area contributed by atoms with Crippen LogP contribution in [0.25, 0.3) is 0 Å². The summed E-state index contributed by atoms with van der Waals surface area (Å²) < 4.78 is 47.2. The van der Waals surface area contributed by atoms with E-state index in [0.29, 0.717) is 34.4 Å². The smallest absolute Gasteiger partial charge is 0.280 e. The van der Waals surface area contributed by atoms with Crippen LogP contribution in [-0.4, -0.2) is 35.5 Å². The van der Waals surface area contributed by atoms with Gasteiger partial charge in [0.15, 0.2) is 11.5 Å². The summed E-state index contributed by atoms with van der Waals surface area (Å²) in [5.74, 6) is 1.64. The summed E-state index contributed by atoms with van der Waals surface area (Å²) in [7, 11) is -1.11. The molecule has 3 rings (SSSR count). The standard InChI is InChI=1S/C24H25ClN2O6S/c1-4-32-22-13-17(9-11-21(22)33-16-18-7-5-6-8-20(18)25)15-26-27-34(28,29)24-12-10-19(30-2)14-23(24)31-3/h5-15,27H,4,16H2,1-3H3/b26-15+. The molecule has 0 radical (unpaired) electrons. The number of hydrazone groups is 1. The summed E-state index contributed by atoms with van der Waals surface area (Å²) in [4.78, 5) is 2.13. The number of methoxy groups -OCH3 is 2. The van der Waals surface area contributed by atoms with Gasteiger partial charge in [-0.05, 0) is 48.9 Å². The fraction of sp³-hybridized carbons (Fsp3) is 0.208. The van der Waals surface area contributed by atoms with Crippen molar-refractivity contribution in [2.24, 2.45) is 5.10 Å². The second-order valence-corrected chi connectivity index (χ2v) is 8.93. The molecule has 3 aromatic carbocycles. The number of hydrogen-bond donors (Lipinski definition) is 1. The van der Waals surface area contributed by atoms with Crippen molar-refractivity contribution in [1.82, 2.24) is 4.83 Å². The Hall–Kier alpha value is -3.43. The van der Waals surface area contributed by atoms with E-state index in [9.17, 15) is 8.42 Å². The molecule has 0 saturated carbocycles. The third kappa shape index (κ3) is 6.33. The highest BCUT2D eigenvalue weighted by Crippen LogP contribution is 2.30. The molecular formula is C24H25ClN2O6S. The van der Waals surface area contributed by atoms with E-state index in [2.05, 4.69) is 9.93 Å². The molecule has 0 aromatic heterocycles. The maximum atomic E-state index is 12.7. The van der Waals surface area contributed by atoms with Crippen molar-refractivity contribution in [2.45, 2.75) is 18.4 Å². The number of benzene rings is 3. The molecule has 0 heterocycles. The van der Waals surface area contributed by atoms with Gasteiger partial charge in [-0.15, -0.1) is 0 Å². The molecule has 3 aromatic rings. The van der Waals surface area contributed by atoms with Crippen molar-refractivity contribution in [2.75, 3.05) is 20.8 Å². The SMILES string of the molecule is CCOc1cc(/C=N/NS(=O)(=O)c2ccc(OC)cc2OC)ccc1OCc1ccccc1Cl. The van der Waals surface area contributed by atoms with E-state index >= 15 is 0 Å². The Balaban J connectivity index is 1.74. The lowest BCUT2D eigenvalue weighted by molar-refractivity contribution is 0.269. The number of nitrogens with one attached hydrogen (secondary N) is 1. The molecule has 0 aliphatic heterocycles. The molecule has 180 valence electrons. The van der Waals surface area contributed by atoms with Crippen LogP contribution in [-0.2, 0) is 16.6 Å². The lowest BCUT2D eigenvalue weighted by atomic mass is 10.2. The van der Waals surface area contributed by atoms with Gasteiger partial charge < -0.3 is 18.9 Å². The van der Waals surface area contributed by atoms with Crippen LogP contribution in [0.5, 0.6) is 23.0 Å². The second kappa shape index (κ2) is 11.6. The first-order valence-corrected chi connectivity index (χ1v) is 12.1. The molecule has 10 heteroatoms. The highest BCUT2D eigenvalue weighted by Gasteiger charge is 2.19. The Labute approximate surface area is 204 Å². The minimum absolute atomic E-state index is 0.0636. The van der Waals surface area contributed by atoms with Crippen molar-refractivity contribution < 1.29 is 27.4 Å². The normalized spacial score (nSPS) is 11.3. The predicted molar refractivity (Wildman–Crippen MR) is 131 cm³/mol. The van der Waals surface area contributed by atoms with E-state index in [-0.39, 0.29) is 17.3 Å². The van der Waals surface area contributed by atoms with Gasteiger partial charge in [0, 0.05) is 16.7 Å². The number of rotatable bonds is 11. The Morgan fingerprint density at radius 1 is 0.941 bits per heavy atom. The lowest BCUT2D eigenvalue weighted by Gasteiger charge is -2.13. The number of halogens is 1. The second-order valence-electron chi connectivity index (χ2n) is 6.89. The molecule has 0 amide bonds. The molecule has 0 aliphatic rings. The molecular weight excluding hydrogens is 480 g/mol. The van der Waals surface area contributed by atoms with E-state index in [1.54, 1.807) is 24.3 Å². The summed E-state index contributed by atoms with van der Waals surface area (Å²) in [6, 6.07) is 17.0. The Morgan fingerprint density at radius 2 is 1.74 bits per heavy atom. The zero-order chi connectivity index (χ0) is 24.6. The van der Waals surface area contributed by atoms with Crippen LogP contribution < -0.4 is 23.8 Å². The van der Waals surface area contributed by atoms with Gasteiger partial charge >= 0.3 is 0 Å². The first kappa shape index (κ1) is 25.2. The van der Waals surface area contributed by atoms with E-state index in [4.69, 9.17) is 30.5 Å². The van der Waals surface area contributed by atoms with E-state index < -0.39 is 10.0 Å². The lowest BCUT2D eigenvalue weighted by Crippen LogP contribution is -2.19. The van der Waals surface area contributed by atoms with Crippen LogP contribution in [0.4, 0.5) is 0 Å². The van der Waals surface area contributed by atoms with Gasteiger partial charge in [-0.2, -0.15) is 18.4 Å². The van der Waals surface area contributed by atoms with Gasteiger partial charge in [0.05, 0.1) is 27.0 Å². The summed E-state index contributed by atoms with van der Waals surface area (Å²) in [5.41, 5.74) is 1.46. The Morgan fingerprint density at radius 3 is 2.44 bits per heavy atom. The molecule has 0 bridgehead atoms. The fourth-order valence-corrected chi connectivity index (χ4v) is 4.11. The number of nitrogens with zero attached hydrogens (tertiary/aromatic N) is 1. The third-order valence-corrected chi connectivity index (χ3v) is 6.29. The summed E-state index contributed by atoms with van der Waals surface area (Å²) >= 11 is 6.19. The Bertz CT molecular complexity index is 1260. The van der Waals surface area contributed by atoms with Gasteiger partial charge in [-0.1, -0.05) is 29.8 Å². The average Bonchev–Trinajstić information content (AvgIpc) is 2.84. The molecule has 0 unspecified atom stereocenters. The van der Waals surface area contributed by atoms with Gasteiger partial charge in [0.2, 0.25) is 0 Å². The van der Waals surface area contributed by atoms with Crippen LogP contribution in [0.3, 0.4) is 0 Å². The van der Waals surface area contributed by atoms with Crippen LogP contribution in [0.15, 0.2) is 70.7 Å². The monoisotopic (exact) mass is 504 g/mol. The molecule has 0 spiro atoms. The molecule has 34 heavy (non-hydrogen) atoms. The van der Waals surface area contributed by atoms with E-state index in [0.717, 1.165) is 5.56 Å². The number of sulfonamides is 1. The summed E-state index contributed by atoms with van der Waals surface area (Å²) in [6.07, 6.45) is 1.37. The van der Waals surface area contributed by atoms with Gasteiger partial charge in [0.1, 0.15) is 23.0 Å². The fourth-order valence-electron chi connectivity index (χ4n) is 2.98. The van der Waals surface area contributed by atoms with Gasteiger partial charge in [-0.3, -0.25) is 0 Å². The maximum Gasteiger partial charge on any atom is 0.280 e. The molecule has 0 saturated heterocycles. The molecule has 0 atom stereocenters. The highest BCUT2D eigenvalue weighted by atomic mass is 35.5. The molecule has 0 aliphatic carbocycles. The minimum Gasteiger partial charge on any atom is -0.497 e. The van der Waals surface area contributed by atoms with Gasteiger partial charge in [0.25, 0.3) is 10.0 Å². The van der Waals surface area contributed by atoms with E-state index in [1.165, 1.54) is 38.6 Å². The number of hydrogen-bond acceptors (Lipinski definition) is 7. The van der Waals surface area contributed by atoms with Crippen LogP contribution >= 0.6 is 11.6 Å². The Kier molecular flexibility index (Phi) is 8.61. The van der Waals surface area contributed by atoms with E-state index in [1.807, 2.05) is 25.1 Å². The van der Waals surface area contributed by atoms with Crippen LogP contribution in [0.1, 0.15) is 18.1 Å². The highest BCUT2D eigenvalue weighted by molar-refractivity contribution is 7.89. The average molecular weight is 505 g/mol. The van der Waals surface area contributed by atoms with Crippen molar-refractivity contribution >= 4 is 27.8 Å². The van der Waals surface area contributed by atoms with Crippen LogP contribution in [0.2, 0.25) is 5.02 Å². The zero-order valence-corrected chi connectivity index (χ0v) is 20.5. The van der Waals surface area contributed by atoms with Crippen LogP contribution in [0, 0.1) is 0 Å². The van der Waals surface area contributed by atoms with Crippen molar-refractivity contribution in [3.05, 3.63) is 76.8 Å². The molecule has 0 fully saturated rings. The van der Waals surface area contributed by atoms with Crippen molar-refractivity contribution in [3.8, 4) is 23.0 Å². The predicted octanol–water partition coefficient (Wildman–Crippen LogP) is 4.65. The molecule has 1 N–H and O–H groups in total. The zero-order valence-electron chi connectivity index (χ0n) is 18.9. The summed E-state index contributed by atoms with van der Waals surface area (Å²) in [6.45, 7) is 2.55. The quantitative estimate of drug-likeness (QED) is 0.302. The maximum absolute atomic E-state index is 12.7. The molecule has 8 nitrogen and oxygen atoms in total. The largest absolute Gasteiger partial charge is 0.497 e. The van der Waals surface area contributed by atoms with Gasteiger partial charge in [-0.25, -0.2) is 0 Å².